The van der Waals surface area contributed by atoms with Crippen LogP contribution in [0.4, 0.5) is 11.4 Å². The van der Waals surface area contributed by atoms with E-state index in [0.717, 1.165) is 27.0 Å². The molecule has 3 N–H and O–H groups in total. The fourth-order valence-electron chi connectivity index (χ4n) is 1.85. The Kier molecular flexibility index (Phi) is 4.08. The normalized spacial score (nSPS) is 9.95. The summed E-state index contributed by atoms with van der Waals surface area (Å²) in [5.74, 6) is 0. The smallest absolute Gasteiger partial charge is 0.101 e. The summed E-state index contributed by atoms with van der Waals surface area (Å²) >= 11 is 3.41. The lowest BCUT2D eigenvalue weighted by Crippen LogP contribution is -2.04. The van der Waals surface area contributed by atoms with E-state index in [9.17, 15) is 0 Å². The van der Waals surface area contributed by atoms with Crippen LogP contribution in [-0.2, 0) is 6.54 Å². The van der Waals surface area contributed by atoms with E-state index in [4.69, 9.17) is 11.0 Å². The van der Waals surface area contributed by atoms with Crippen LogP contribution in [-0.4, -0.2) is 0 Å². The van der Waals surface area contributed by atoms with Crippen molar-refractivity contribution in [1.29, 1.82) is 5.26 Å². The van der Waals surface area contributed by atoms with Crippen LogP contribution in [0.25, 0.3) is 0 Å². The van der Waals surface area contributed by atoms with Crippen LogP contribution >= 0.6 is 15.9 Å². The van der Waals surface area contributed by atoms with Gasteiger partial charge >= 0.3 is 0 Å². The molecule has 0 amide bonds. The molecule has 0 radical (unpaired) electrons. The van der Waals surface area contributed by atoms with Gasteiger partial charge in [0.2, 0.25) is 0 Å². The first-order chi connectivity index (χ1) is 9.11. The Morgan fingerprint density at radius 3 is 2.84 bits per heavy atom. The molecule has 96 valence electrons. The van der Waals surface area contributed by atoms with E-state index < -0.39 is 0 Å². The molecule has 2 aromatic carbocycles. The molecule has 4 heteroatoms. The molecule has 0 saturated heterocycles. The van der Waals surface area contributed by atoms with Crippen LogP contribution in [0.2, 0.25) is 0 Å². The van der Waals surface area contributed by atoms with Gasteiger partial charge in [0.15, 0.2) is 0 Å². The molecule has 3 nitrogen and oxygen atoms in total. The Morgan fingerprint density at radius 2 is 2.11 bits per heavy atom. The van der Waals surface area contributed by atoms with E-state index in [1.54, 1.807) is 6.07 Å². The van der Waals surface area contributed by atoms with E-state index in [1.165, 1.54) is 0 Å². The van der Waals surface area contributed by atoms with Crippen molar-refractivity contribution in [1.82, 2.24) is 0 Å². The van der Waals surface area contributed by atoms with E-state index in [0.29, 0.717) is 12.1 Å². The molecular weight excluding hydrogens is 302 g/mol. The number of rotatable bonds is 3. The van der Waals surface area contributed by atoms with Crippen LogP contribution in [0.5, 0.6) is 0 Å². The number of nitriles is 1. The van der Waals surface area contributed by atoms with E-state index in [2.05, 4.69) is 27.3 Å². The molecule has 0 aliphatic heterocycles. The Labute approximate surface area is 121 Å². The summed E-state index contributed by atoms with van der Waals surface area (Å²) in [7, 11) is 0. The van der Waals surface area contributed by atoms with Crippen LogP contribution < -0.4 is 11.1 Å². The highest BCUT2D eigenvalue weighted by atomic mass is 79.9. The molecule has 0 aliphatic rings. The van der Waals surface area contributed by atoms with Crippen molar-refractivity contribution < 1.29 is 0 Å². The highest BCUT2D eigenvalue weighted by molar-refractivity contribution is 9.10. The number of halogens is 1. The second-order valence-electron chi connectivity index (χ2n) is 4.29. The first-order valence-electron chi connectivity index (χ1n) is 5.89. The van der Waals surface area contributed by atoms with Crippen LogP contribution in [0.1, 0.15) is 16.7 Å². The number of anilines is 2. The van der Waals surface area contributed by atoms with Crippen molar-refractivity contribution in [2.75, 3.05) is 11.1 Å². The van der Waals surface area contributed by atoms with Crippen molar-refractivity contribution >= 4 is 27.3 Å². The number of benzene rings is 2. The number of nitrogens with one attached hydrogen (secondary N) is 1. The molecular formula is C15H14BrN3. The van der Waals surface area contributed by atoms with Crippen molar-refractivity contribution in [2.45, 2.75) is 13.5 Å². The predicted octanol–water partition coefficient (Wildman–Crippen LogP) is 3.82. The van der Waals surface area contributed by atoms with Crippen molar-refractivity contribution in [3.8, 4) is 6.07 Å². The molecule has 0 saturated carbocycles. The second kappa shape index (κ2) is 5.77. The van der Waals surface area contributed by atoms with Gasteiger partial charge in [-0.25, -0.2) is 0 Å². The first kappa shape index (κ1) is 13.4. The molecule has 0 spiro atoms. The van der Waals surface area contributed by atoms with Crippen molar-refractivity contribution in [3.05, 3.63) is 57.6 Å². The molecule has 0 bridgehead atoms. The third-order valence-electron chi connectivity index (χ3n) is 3.06. The number of hydrogen-bond donors (Lipinski definition) is 2. The van der Waals surface area contributed by atoms with Gasteiger partial charge in [0, 0.05) is 16.7 Å². The van der Waals surface area contributed by atoms with Crippen LogP contribution in [0, 0.1) is 18.3 Å². The SMILES string of the molecule is Cc1c(N)cccc1CNc1cc(Br)ccc1C#N. The zero-order chi connectivity index (χ0) is 13.8. The minimum Gasteiger partial charge on any atom is -0.399 e. The standard InChI is InChI=1S/C15H14BrN3/c1-10-12(3-2-4-14(10)18)9-19-15-7-13(16)6-5-11(15)8-17/h2-7,19H,9,18H2,1H3. The van der Waals surface area contributed by atoms with Crippen LogP contribution in [0.15, 0.2) is 40.9 Å². The summed E-state index contributed by atoms with van der Waals surface area (Å²) in [4.78, 5) is 0. The molecule has 0 fully saturated rings. The van der Waals surface area contributed by atoms with Crippen molar-refractivity contribution in [2.24, 2.45) is 0 Å². The third kappa shape index (κ3) is 3.07. The maximum Gasteiger partial charge on any atom is 0.101 e. The van der Waals surface area contributed by atoms with Crippen LogP contribution in [0.3, 0.4) is 0 Å². The average Bonchev–Trinajstić information content (AvgIpc) is 2.40. The molecule has 2 rings (SSSR count). The van der Waals surface area contributed by atoms with Gasteiger partial charge in [0.1, 0.15) is 6.07 Å². The average molecular weight is 316 g/mol. The largest absolute Gasteiger partial charge is 0.399 e. The summed E-state index contributed by atoms with van der Waals surface area (Å²) in [5, 5.41) is 12.4. The van der Waals surface area contributed by atoms with E-state index in [-0.39, 0.29) is 0 Å². The summed E-state index contributed by atoms with van der Waals surface area (Å²) in [6.07, 6.45) is 0. The zero-order valence-corrected chi connectivity index (χ0v) is 12.2. The number of nitrogen functional groups attached to an aromatic ring is 1. The fourth-order valence-corrected chi connectivity index (χ4v) is 2.21. The Balaban J connectivity index is 2.21. The van der Waals surface area contributed by atoms with Crippen molar-refractivity contribution in [3.63, 3.8) is 0 Å². The van der Waals surface area contributed by atoms with Gasteiger partial charge in [0.05, 0.1) is 11.3 Å². The Bertz CT molecular complexity index is 644. The minimum atomic E-state index is 0.629. The Hall–Kier alpha value is -1.99. The van der Waals surface area contributed by atoms with Gasteiger partial charge < -0.3 is 11.1 Å². The maximum atomic E-state index is 9.08. The maximum absolute atomic E-state index is 9.08. The summed E-state index contributed by atoms with van der Waals surface area (Å²) in [5.41, 5.74) is 10.3. The minimum absolute atomic E-state index is 0.629. The molecule has 0 atom stereocenters. The van der Waals surface area contributed by atoms with Gasteiger partial charge in [-0.05, 0) is 42.3 Å². The van der Waals surface area contributed by atoms with Gasteiger partial charge in [-0.15, -0.1) is 0 Å². The monoisotopic (exact) mass is 315 g/mol. The number of nitrogens with two attached hydrogens (primary N) is 1. The summed E-state index contributed by atoms with van der Waals surface area (Å²) < 4.78 is 0.943. The molecule has 0 unspecified atom stereocenters. The zero-order valence-electron chi connectivity index (χ0n) is 10.6. The first-order valence-corrected chi connectivity index (χ1v) is 6.68. The molecule has 0 aliphatic carbocycles. The van der Waals surface area contributed by atoms with Gasteiger partial charge in [-0.2, -0.15) is 5.26 Å². The number of nitrogens with zero attached hydrogens (tertiary/aromatic N) is 1. The molecule has 2 aromatic rings. The number of hydrogen-bond acceptors (Lipinski definition) is 3. The highest BCUT2D eigenvalue weighted by Gasteiger charge is 2.05. The van der Waals surface area contributed by atoms with Gasteiger partial charge in [-0.3, -0.25) is 0 Å². The third-order valence-corrected chi connectivity index (χ3v) is 3.55. The molecule has 0 aromatic heterocycles. The van der Waals surface area contributed by atoms with Gasteiger partial charge in [0.25, 0.3) is 0 Å². The Morgan fingerprint density at radius 1 is 1.32 bits per heavy atom. The quantitative estimate of drug-likeness (QED) is 0.846. The lowest BCUT2D eigenvalue weighted by molar-refractivity contribution is 1.12. The summed E-state index contributed by atoms with van der Waals surface area (Å²) in [6.45, 7) is 2.64. The fraction of sp³-hybridized carbons (Fsp3) is 0.133. The highest BCUT2D eigenvalue weighted by Crippen LogP contribution is 2.22. The van der Waals surface area contributed by atoms with E-state index >= 15 is 0 Å². The lowest BCUT2D eigenvalue weighted by Gasteiger charge is -2.12. The predicted molar refractivity (Wildman–Crippen MR) is 81.8 cm³/mol. The topological polar surface area (TPSA) is 61.8 Å². The van der Waals surface area contributed by atoms with Gasteiger partial charge in [-0.1, -0.05) is 28.1 Å². The second-order valence-corrected chi connectivity index (χ2v) is 5.20. The molecule has 19 heavy (non-hydrogen) atoms. The van der Waals surface area contributed by atoms with E-state index in [1.807, 2.05) is 37.3 Å². The summed E-state index contributed by atoms with van der Waals surface area (Å²) in [6, 6.07) is 13.6. The lowest BCUT2D eigenvalue weighted by atomic mass is 10.1. The molecule has 0 heterocycles.